The van der Waals surface area contributed by atoms with E-state index < -0.39 is 0 Å². The smallest absolute Gasteiger partial charge is 0.281 e. The summed E-state index contributed by atoms with van der Waals surface area (Å²) < 4.78 is 5.52. The summed E-state index contributed by atoms with van der Waals surface area (Å²) in [6.07, 6.45) is 1.91. The maximum absolute atomic E-state index is 13.1. The van der Waals surface area contributed by atoms with Gasteiger partial charge in [0.2, 0.25) is 0 Å². The molecule has 5 heteroatoms. The van der Waals surface area contributed by atoms with E-state index >= 15 is 0 Å². The van der Waals surface area contributed by atoms with Crippen LogP contribution in [0.5, 0.6) is 5.75 Å². The Labute approximate surface area is 166 Å². The van der Waals surface area contributed by atoms with Crippen molar-refractivity contribution in [3.63, 3.8) is 0 Å². The molecule has 2 aromatic carbocycles. The number of thiocarbonyl (C=S) groups is 1. The average Bonchev–Trinajstić information content (AvgIpc) is 2.86. The second kappa shape index (κ2) is 7.53. The minimum absolute atomic E-state index is 0.116. The van der Waals surface area contributed by atoms with E-state index in [1.54, 1.807) is 16.9 Å². The molecule has 0 atom stereocenters. The number of hydrogen-bond acceptors (Lipinski definition) is 3. The van der Waals surface area contributed by atoms with Crippen molar-refractivity contribution in [1.82, 2.24) is 4.90 Å². The van der Waals surface area contributed by atoms with Gasteiger partial charge in [0, 0.05) is 7.05 Å². The largest absolute Gasteiger partial charge is 0.496 e. The molecule has 4 nitrogen and oxygen atoms in total. The van der Waals surface area contributed by atoms with E-state index in [2.05, 4.69) is 19.9 Å². The van der Waals surface area contributed by atoms with E-state index in [0.717, 1.165) is 28.1 Å². The van der Waals surface area contributed by atoms with Gasteiger partial charge in [-0.05, 0) is 72.1 Å². The van der Waals surface area contributed by atoms with Crippen molar-refractivity contribution in [2.24, 2.45) is 0 Å². The molecule has 0 saturated carbocycles. The number of ether oxygens (including phenoxy) is 1. The first-order valence-corrected chi connectivity index (χ1v) is 9.33. The first kappa shape index (κ1) is 19.1. The van der Waals surface area contributed by atoms with E-state index in [0.29, 0.717) is 16.7 Å². The quantitative estimate of drug-likeness (QED) is 0.567. The highest BCUT2D eigenvalue weighted by Gasteiger charge is 2.36. The summed E-state index contributed by atoms with van der Waals surface area (Å²) in [5.74, 6) is 1.07. The molecule has 2 aromatic rings. The van der Waals surface area contributed by atoms with Crippen molar-refractivity contribution < 1.29 is 9.53 Å². The summed E-state index contributed by atoms with van der Waals surface area (Å²) in [6, 6.07) is 13.6. The third kappa shape index (κ3) is 3.47. The molecule has 3 rings (SSSR count). The summed E-state index contributed by atoms with van der Waals surface area (Å²) in [4.78, 5) is 16.4. The Kier molecular flexibility index (Phi) is 5.33. The second-order valence-corrected chi connectivity index (χ2v) is 7.32. The number of methoxy groups -OCH3 is 1. The lowest BCUT2D eigenvalue weighted by molar-refractivity contribution is -0.114. The zero-order valence-corrected chi connectivity index (χ0v) is 17.1. The molecule has 1 fully saturated rings. The average molecular weight is 381 g/mol. The molecule has 0 radical (unpaired) electrons. The van der Waals surface area contributed by atoms with Crippen molar-refractivity contribution in [3.05, 3.63) is 64.9 Å². The number of para-hydroxylation sites is 1. The number of benzene rings is 2. The van der Waals surface area contributed by atoms with Crippen LogP contribution in [0.15, 0.2) is 48.2 Å². The highest BCUT2D eigenvalue weighted by molar-refractivity contribution is 7.80. The molecular formula is C22H24N2O2S. The Balaban J connectivity index is 2.06. The molecule has 1 heterocycles. The molecule has 0 unspecified atom stereocenters. The second-order valence-electron chi connectivity index (χ2n) is 6.95. The monoisotopic (exact) mass is 380 g/mol. The van der Waals surface area contributed by atoms with Gasteiger partial charge in [-0.2, -0.15) is 0 Å². The van der Waals surface area contributed by atoms with Crippen LogP contribution >= 0.6 is 12.2 Å². The van der Waals surface area contributed by atoms with Crippen molar-refractivity contribution in [2.75, 3.05) is 19.1 Å². The topological polar surface area (TPSA) is 32.8 Å². The van der Waals surface area contributed by atoms with Crippen molar-refractivity contribution in [2.45, 2.75) is 26.7 Å². The summed E-state index contributed by atoms with van der Waals surface area (Å²) in [6.45, 7) is 6.28. The van der Waals surface area contributed by atoms with Crippen LogP contribution in [0.1, 0.15) is 36.5 Å². The van der Waals surface area contributed by atoms with Crippen molar-refractivity contribution in [1.29, 1.82) is 0 Å². The highest BCUT2D eigenvalue weighted by Crippen LogP contribution is 2.32. The van der Waals surface area contributed by atoms with Gasteiger partial charge in [-0.25, -0.2) is 0 Å². The van der Waals surface area contributed by atoms with Crippen LogP contribution < -0.4 is 9.64 Å². The van der Waals surface area contributed by atoms with Gasteiger partial charge in [0.05, 0.1) is 12.8 Å². The number of carbonyl (C=O) groups is 1. The summed E-state index contributed by atoms with van der Waals surface area (Å²) in [5.41, 5.74) is 4.50. The highest BCUT2D eigenvalue weighted by atomic mass is 32.1. The Morgan fingerprint density at radius 3 is 2.41 bits per heavy atom. The molecular weight excluding hydrogens is 356 g/mol. The fourth-order valence-electron chi connectivity index (χ4n) is 3.21. The van der Waals surface area contributed by atoms with Crippen molar-refractivity contribution in [3.8, 4) is 5.75 Å². The van der Waals surface area contributed by atoms with E-state index in [4.69, 9.17) is 17.0 Å². The molecule has 27 heavy (non-hydrogen) atoms. The van der Waals surface area contributed by atoms with E-state index in [1.807, 2.05) is 56.4 Å². The fourth-order valence-corrected chi connectivity index (χ4v) is 3.49. The van der Waals surface area contributed by atoms with Gasteiger partial charge in [0.1, 0.15) is 11.4 Å². The standard InChI is InChI=1S/C22H24N2O2S/c1-14(2)18-12-16(15(3)11-20(18)26-5)13-19-21(25)24(22(27)23(19)4)17-9-7-6-8-10-17/h6-14H,1-5H3/b19-13+. The van der Waals surface area contributed by atoms with Crippen LogP contribution in [-0.4, -0.2) is 30.1 Å². The lowest BCUT2D eigenvalue weighted by Crippen LogP contribution is -2.30. The SMILES string of the molecule is COc1cc(C)c(/C=C2\C(=O)N(c3ccccc3)C(=S)N2C)cc1C(C)C. The molecule has 0 bridgehead atoms. The third-order valence-corrected chi connectivity index (χ3v) is 5.27. The number of carbonyl (C=O) groups excluding carboxylic acids is 1. The number of likely N-dealkylation sites (N-methyl/N-ethyl adjacent to an activating group) is 1. The van der Waals surface area contributed by atoms with E-state index in [9.17, 15) is 4.79 Å². The molecule has 0 spiro atoms. The first-order valence-electron chi connectivity index (χ1n) is 8.92. The lowest BCUT2D eigenvalue weighted by atomic mass is 9.96. The zero-order chi connectivity index (χ0) is 19.7. The molecule has 0 aliphatic carbocycles. The maximum Gasteiger partial charge on any atom is 0.281 e. The van der Waals surface area contributed by atoms with E-state index in [-0.39, 0.29) is 5.91 Å². The maximum atomic E-state index is 13.1. The van der Waals surface area contributed by atoms with Gasteiger partial charge in [-0.3, -0.25) is 9.69 Å². The molecule has 1 aliphatic heterocycles. The van der Waals surface area contributed by atoms with E-state index in [1.165, 1.54) is 0 Å². The number of amides is 1. The predicted molar refractivity (Wildman–Crippen MR) is 114 cm³/mol. The van der Waals surface area contributed by atoms with Crippen LogP contribution in [0.25, 0.3) is 6.08 Å². The van der Waals surface area contributed by atoms with Crippen LogP contribution in [0.4, 0.5) is 5.69 Å². The van der Waals surface area contributed by atoms with Crippen LogP contribution in [-0.2, 0) is 4.79 Å². The minimum atomic E-state index is -0.116. The van der Waals surface area contributed by atoms with Crippen LogP contribution in [0, 0.1) is 6.92 Å². The Hall–Kier alpha value is -2.66. The van der Waals surface area contributed by atoms with Gasteiger partial charge in [-0.1, -0.05) is 32.0 Å². The zero-order valence-electron chi connectivity index (χ0n) is 16.3. The molecule has 1 saturated heterocycles. The summed E-state index contributed by atoms with van der Waals surface area (Å²) in [7, 11) is 3.51. The molecule has 1 amide bonds. The molecule has 140 valence electrons. The van der Waals surface area contributed by atoms with Gasteiger partial charge >= 0.3 is 0 Å². The molecule has 0 aromatic heterocycles. The van der Waals surface area contributed by atoms with Crippen LogP contribution in [0.2, 0.25) is 0 Å². The summed E-state index contributed by atoms with van der Waals surface area (Å²) >= 11 is 5.53. The minimum Gasteiger partial charge on any atom is -0.496 e. The predicted octanol–water partition coefficient (Wildman–Crippen LogP) is 4.73. The van der Waals surface area contributed by atoms with Gasteiger partial charge < -0.3 is 9.64 Å². The van der Waals surface area contributed by atoms with Gasteiger partial charge in [0.25, 0.3) is 5.91 Å². The van der Waals surface area contributed by atoms with Crippen LogP contribution in [0.3, 0.4) is 0 Å². The first-order chi connectivity index (χ1) is 12.8. The number of anilines is 1. The number of hydrogen-bond donors (Lipinski definition) is 0. The number of aryl methyl sites for hydroxylation is 1. The number of rotatable bonds is 4. The van der Waals surface area contributed by atoms with Gasteiger partial charge in [0.15, 0.2) is 5.11 Å². The third-order valence-electron chi connectivity index (χ3n) is 4.81. The Bertz CT molecular complexity index is 919. The summed E-state index contributed by atoms with van der Waals surface area (Å²) in [5, 5.41) is 0.479. The molecule has 0 N–H and O–H groups in total. The molecule has 1 aliphatic rings. The Morgan fingerprint density at radius 2 is 1.81 bits per heavy atom. The van der Waals surface area contributed by atoms with Gasteiger partial charge in [-0.15, -0.1) is 0 Å². The number of nitrogens with zero attached hydrogens (tertiary/aromatic N) is 2. The van der Waals surface area contributed by atoms with Crippen molar-refractivity contribution >= 4 is 35.0 Å². The fraction of sp³-hybridized carbons (Fsp3) is 0.273. The lowest BCUT2D eigenvalue weighted by Gasteiger charge is -2.16. The normalized spacial score (nSPS) is 16.0. The Morgan fingerprint density at radius 1 is 1.15 bits per heavy atom.